The minimum atomic E-state index is -4.34. The number of nitrogens with zero attached hydrogens (tertiary/aromatic N) is 3. The maximum Gasteiger partial charge on any atom is 0.392 e. The molecule has 3 rings (SSSR count). The summed E-state index contributed by atoms with van der Waals surface area (Å²) in [6.07, 6.45) is 0.117. The fourth-order valence-electron chi connectivity index (χ4n) is 3.32. The van der Waals surface area contributed by atoms with Crippen LogP contribution in [0.15, 0.2) is 36.9 Å². The second-order valence-corrected chi connectivity index (χ2v) is 6.32. The van der Waals surface area contributed by atoms with Crippen LogP contribution in [0.4, 0.5) is 18.9 Å². The fraction of sp³-hybridized carbons (Fsp3) is 0.471. The Morgan fingerprint density at radius 3 is 2.80 bits per heavy atom. The van der Waals surface area contributed by atoms with Gasteiger partial charge in [0, 0.05) is 11.6 Å². The van der Waals surface area contributed by atoms with Crippen molar-refractivity contribution in [3.05, 3.63) is 42.5 Å². The van der Waals surface area contributed by atoms with Gasteiger partial charge in [0.05, 0.1) is 12.5 Å². The van der Waals surface area contributed by atoms with Crippen LogP contribution in [-0.2, 0) is 11.3 Å². The first-order chi connectivity index (χ1) is 11.9. The van der Waals surface area contributed by atoms with Gasteiger partial charge in [-0.3, -0.25) is 4.79 Å². The van der Waals surface area contributed by atoms with E-state index in [0.717, 1.165) is 5.56 Å². The average molecular weight is 352 g/mol. The molecule has 1 saturated carbocycles. The molecule has 8 heteroatoms. The summed E-state index contributed by atoms with van der Waals surface area (Å²) in [6, 6.07) is 7.03. The summed E-state index contributed by atoms with van der Waals surface area (Å²) in [4.78, 5) is 16.3. The lowest BCUT2D eigenvalue weighted by molar-refractivity contribution is -0.197. The molecule has 1 fully saturated rings. The highest BCUT2D eigenvalue weighted by molar-refractivity contribution is 5.92. The van der Waals surface area contributed by atoms with Crippen LogP contribution in [-0.4, -0.2) is 26.8 Å². The van der Waals surface area contributed by atoms with E-state index in [1.54, 1.807) is 29.2 Å². The predicted molar refractivity (Wildman–Crippen MR) is 85.7 cm³/mol. The van der Waals surface area contributed by atoms with Crippen LogP contribution in [0.3, 0.4) is 0 Å². The molecule has 1 aliphatic rings. The molecular formula is C17H19F3N4O. The first-order valence-corrected chi connectivity index (χ1v) is 8.22. The second-order valence-electron chi connectivity index (χ2n) is 6.32. The van der Waals surface area contributed by atoms with Crippen LogP contribution in [0.5, 0.6) is 0 Å². The van der Waals surface area contributed by atoms with Gasteiger partial charge in [0.25, 0.3) is 0 Å². The molecule has 0 spiro atoms. The molecule has 1 amide bonds. The summed E-state index contributed by atoms with van der Waals surface area (Å²) in [5, 5.41) is 6.66. The molecule has 5 nitrogen and oxygen atoms in total. The number of carbonyl (C=O) groups excluding carboxylic acids is 1. The van der Waals surface area contributed by atoms with E-state index in [2.05, 4.69) is 15.4 Å². The number of nitrogens with one attached hydrogen (secondary N) is 1. The highest BCUT2D eigenvalue weighted by atomic mass is 19.4. The number of anilines is 1. The number of carbonyl (C=O) groups is 1. The van der Waals surface area contributed by atoms with E-state index in [1.165, 1.54) is 6.33 Å². The van der Waals surface area contributed by atoms with E-state index in [0.29, 0.717) is 25.1 Å². The van der Waals surface area contributed by atoms with E-state index < -0.39 is 23.9 Å². The molecule has 2 atom stereocenters. The SMILES string of the molecule is O=C(Nc1cccc(Cn2cncn2)c1)C1CCCCC1C(F)(F)F. The molecular weight excluding hydrogens is 333 g/mol. The van der Waals surface area contributed by atoms with Crippen LogP contribution in [0, 0.1) is 11.8 Å². The fourth-order valence-corrected chi connectivity index (χ4v) is 3.32. The molecule has 134 valence electrons. The van der Waals surface area contributed by atoms with Crippen molar-refractivity contribution < 1.29 is 18.0 Å². The van der Waals surface area contributed by atoms with Gasteiger partial charge in [-0.2, -0.15) is 18.3 Å². The zero-order valence-corrected chi connectivity index (χ0v) is 13.5. The van der Waals surface area contributed by atoms with E-state index in [4.69, 9.17) is 0 Å². The Hall–Kier alpha value is -2.38. The Labute approximate surface area is 143 Å². The number of aromatic nitrogens is 3. The van der Waals surface area contributed by atoms with Gasteiger partial charge in [-0.1, -0.05) is 25.0 Å². The van der Waals surface area contributed by atoms with Crippen LogP contribution < -0.4 is 5.32 Å². The first-order valence-electron chi connectivity index (χ1n) is 8.22. The Morgan fingerprint density at radius 1 is 1.28 bits per heavy atom. The molecule has 2 unspecified atom stereocenters. The van der Waals surface area contributed by atoms with Crippen molar-refractivity contribution in [2.75, 3.05) is 5.32 Å². The van der Waals surface area contributed by atoms with Gasteiger partial charge >= 0.3 is 6.18 Å². The molecule has 0 aliphatic heterocycles. The van der Waals surface area contributed by atoms with Gasteiger partial charge in [-0.25, -0.2) is 9.67 Å². The molecule has 1 heterocycles. The number of benzene rings is 1. The number of hydrogen-bond donors (Lipinski definition) is 1. The van der Waals surface area contributed by atoms with E-state index in [1.807, 2.05) is 6.07 Å². The number of halogens is 3. The van der Waals surface area contributed by atoms with Crippen molar-refractivity contribution >= 4 is 11.6 Å². The number of rotatable bonds is 4. The molecule has 1 N–H and O–H groups in total. The van der Waals surface area contributed by atoms with Crippen molar-refractivity contribution in [3.63, 3.8) is 0 Å². The first kappa shape index (κ1) is 17.4. The maximum atomic E-state index is 13.2. The monoisotopic (exact) mass is 352 g/mol. The van der Waals surface area contributed by atoms with Gasteiger partial charge in [0.1, 0.15) is 12.7 Å². The van der Waals surface area contributed by atoms with Gasteiger partial charge in [-0.05, 0) is 30.5 Å². The van der Waals surface area contributed by atoms with E-state index in [9.17, 15) is 18.0 Å². The van der Waals surface area contributed by atoms with Gasteiger partial charge < -0.3 is 5.32 Å². The van der Waals surface area contributed by atoms with E-state index in [-0.39, 0.29) is 12.8 Å². The Balaban J connectivity index is 1.69. The minimum Gasteiger partial charge on any atom is -0.326 e. The predicted octanol–water partition coefficient (Wildman–Crippen LogP) is 3.63. The third kappa shape index (κ3) is 4.37. The third-order valence-electron chi connectivity index (χ3n) is 4.53. The summed E-state index contributed by atoms with van der Waals surface area (Å²) in [5.74, 6) is -3.13. The topological polar surface area (TPSA) is 59.8 Å². The van der Waals surface area contributed by atoms with Crippen LogP contribution >= 0.6 is 0 Å². The molecule has 0 radical (unpaired) electrons. The zero-order valence-electron chi connectivity index (χ0n) is 13.5. The average Bonchev–Trinajstić information content (AvgIpc) is 3.07. The molecule has 1 aromatic heterocycles. The normalized spacial score (nSPS) is 21.1. The Kier molecular flexibility index (Phi) is 5.06. The highest BCUT2D eigenvalue weighted by Gasteiger charge is 2.48. The lowest BCUT2D eigenvalue weighted by Crippen LogP contribution is -2.39. The summed E-state index contributed by atoms with van der Waals surface area (Å²) in [7, 11) is 0. The molecule has 25 heavy (non-hydrogen) atoms. The quantitative estimate of drug-likeness (QED) is 0.914. The summed E-state index contributed by atoms with van der Waals surface area (Å²) in [6.45, 7) is 0.471. The number of hydrogen-bond acceptors (Lipinski definition) is 3. The molecule has 1 aliphatic carbocycles. The minimum absolute atomic E-state index is 0.0218. The summed E-state index contributed by atoms with van der Waals surface area (Å²) >= 11 is 0. The molecule has 0 bridgehead atoms. The number of amides is 1. The standard InChI is InChI=1S/C17H19F3N4O/c18-17(19,20)15-7-2-1-6-14(15)16(25)23-13-5-3-4-12(8-13)9-24-11-21-10-22-24/h3-5,8,10-11,14-15H,1-2,6-7,9H2,(H,23,25). The smallest absolute Gasteiger partial charge is 0.326 e. The Bertz CT molecular complexity index is 715. The lowest BCUT2D eigenvalue weighted by atomic mass is 9.78. The van der Waals surface area contributed by atoms with Crippen molar-refractivity contribution in [2.45, 2.75) is 38.4 Å². The van der Waals surface area contributed by atoms with Crippen molar-refractivity contribution in [1.29, 1.82) is 0 Å². The summed E-state index contributed by atoms with van der Waals surface area (Å²) < 4.78 is 41.1. The van der Waals surface area contributed by atoms with Gasteiger partial charge in [0.15, 0.2) is 0 Å². The van der Waals surface area contributed by atoms with Crippen molar-refractivity contribution in [2.24, 2.45) is 11.8 Å². The summed E-state index contributed by atoms with van der Waals surface area (Å²) in [5.41, 5.74) is 1.37. The van der Waals surface area contributed by atoms with Crippen LogP contribution in [0.1, 0.15) is 31.2 Å². The van der Waals surface area contributed by atoms with Gasteiger partial charge in [-0.15, -0.1) is 0 Å². The van der Waals surface area contributed by atoms with Gasteiger partial charge in [0.2, 0.25) is 5.91 Å². The molecule has 1 aromatic carbocycles. The maximum absolute atomic E-state index is 13.2. The molecule has 0 saturated heterocycles. The lowest BCUT2D eigenvalue weighted by Gasteiger charge is -2.32. The molecule has 2 aromatic rings. The third-order valence-corrected chi connectivity index (χ3v) is 4.53. The zero-order chi connectivity index (χ0) is 17.9. The Morgan fingerprint density at radius 2 is 2.08 bits per heavy atom. The van der Waals surface area contributed by atoms with Crippen molar-refractivity contribution in [3.8, 4) is 0 Å². The van der Waals surface area contributed by atoms with Crippen LogP contribution in [0.2, 0.25) is 0 Å². The largest absolute Gasteiger partial charge is 0.392 e. The van der Waals surface area contributed by atoms with E-state index >= 15 is 0 Å². The van der Waals surface area contributed by atoms with Crippen LogP contribution in [0.25, 0.3) is 0 Å². The second kappa shape index (κ2) is 7.25. The highest BCUT2D eigenvalue weighted by Crippen LogP contribution is 2.41. The van der Waals surface area contributed by atoms with Crippen molar-refractivity contribution in [1.82, 2.24) is 14.8 Å². The number of alkyl halides is 3.